The summed E-state index contributed by atoms with van der Waals surface area (Å²) in [7, 11) is 0. The molecule has 3 aliphatic rings. The van der Waals surface area contributed by atoms with Gasteiger partial charge >= 0.3 is 0 Å². The molecule has 8 heteroatoms. The Morgan fingerprint density at radius 1 is 1.30 bits per heavy atom. The van der Waals surface area contributed by atoms with Crippen LogP contribution in [0.3, 0.4) is 0 Å². The highest BCUT2D eigenvalue weighted by Gasteiger charge is 2.56. The Morgan fingerprint density at radius 3 is 2.70 bits per heavy atom. The SMILES string of the molecule is C[C@H]1[C@H](Nc2cnn(CCC(=O)Nc3ccncc3)c(=O)c2Br)C[C@H]2C[C@@H]1C2(C)C. The van der Waals surface area contributed by atoms with Gasteiger partial charge < -0.3 is 10.6 Å². The van der Waals surface area contributed by atoms with E-state index >= 15 is 0 Å². The van der Waals surface area contributed by atoms with Gasteiger partial charge in [0.1, 0.15) is 4.47 Å². The van der Waals surface area contributed by atoms with Crippen molar-refractivity contribution in [1.29, 1.82) is 0 Å². The Hall–Kier alpha value is -2.22. The molecule has 0 radical (unpaired) electrons. The van der Waals surface area contributed by atoms with E-state index in [-0.39, 0.29) is 24.4 Å². The molecule has 4 atom stereocenters. The minimum atomic E-state index is -0.231. The summed E-state index contributed by atoms with van der Waals surface area (Å²) in [6, 6.07) is 3.79. The third-order valence-electron chi connectivity index (χ3n) is 7.19. The highest BCUT2D eigenvalue weighted by molar-refractivity contribution is 9.10. The third kappa shape index (κ3) is 3.89. The van der Waals surface area contributed by atoms with Gasteiger partial charge in [0.25, 0.3) is 5.56 Å². The van der Waals surface area contributed by atoms with E-state index < -0.39 is 0 Å². The number of amides is 1. The fourth-order valence-corrected chi connectivity index (χ4v) is 5.55. The van der Waals surface area contributed by atoms with Crippen LogP contribution >= 0.6 is 15.9 Å². The van der Waals surface area contributed by atoms with Crippen LogP contribution in [0, 0.1) is 23.2 Å². The summed E-state index contributed by atoms with van der Waals surface area (Å²) in [5, 5.41) is 10.6. The second-order valence-electron chi connectivity index (χ2n) is 9.14. The van der Waals surface area contributed by atoms with E-state index in [1.807, 2.05) is 0 Å². The number of fused-ring (bicyclic) bond motifs is 2. The van der Waals surface area contributed by atoms with Gasteiger partial charge in [-0.15, -0.1) is 0 Å². The van der Waals surface area contributed by atoms with Crippen LogP contribution < -0.4 is 16.2 Å². The van der Waals surface area contributed by atoms with Crippen molar-refractivity contribution in [2.45, 2.75) is 52.6 Å². The van der Waals surface area contributed by atoms with Crippen LogP contribution in [0.25, 0.3) is 0 Å². The second kappa shape index (κ2) is 8.13. The van der Waals surface area contributed by atoms with Crippen molar-refractivity contribution in [2.75, 3.05) is 10.6 Å². The maximum atomic E-state index is 12.7. The minimum absolute atomic E-state index is 0.159. The zero-order chi connectivity index (χ0) is 21.5. The Kier molecular flexibility index (Phi) is 5.70. The summed E-state index contributed by atoms with van der Waals surface area (Å²) in [6.45, 7) is 7.28. The number of halogens is 1. The number of nitrogens with one attached hydrogen (secondary N) is 2. The van der Waals surface area contributed by atoms with Gasteiger partial charge in [-0.2, -0.15) is 5.10 Å². The van der Waals surface area contributed by atoms with Crippen molar-refractivity contribution < 1.29 is 4.79 Å². The van der Waals surface area contributed by atoms with E-state index in [1.165, 1.54) is 11.1 Å². The van der Waals surface area contributed by atoms with E-state index in [4.69, 9.17) is 0 Å². The number of pyridine rings is 1. The van der Waals surface area contributed by atoms with Crippen LogP contribution in [0.15, 0.2) is 40.0 Å². The van der Waals surface area contributed by atoms with Crippen LogP contribution in [-0.4, -0.2) is 26.7 Å². The number of aryl methyl sites for hydroxylation is 1. The molecule has 3 fully saturated rings. The zero-order valence-electron chi connectivity index (χ0n) is 17.6. The first kappa shape index (κ1) is 21.0. The quantitative estimate of drug-likeness (QED) is 0.663. The summed E-state index contributed by atoms with van der Waals surface area (Å²) in [5.74, 6) is 1.84. The average Bonchev–Trinajstić information content (AvgIpc) is 2.72. The first-order chi connectivity index (χ1) is 14.3. The first-order valence-corrected chi connectivity index (χ1v) is 11.3. The topological polar surface area (TPSA) is 88.9 Å². The van der Waals surface area contributed by atoms with Gasteiger partial charge in [0.05, 0.1) is 18.4 Å². The lowest BCUT2D eigenvalue weighted by atomic mass is 9.45. The van der Waals surface area contributed by atoms with Gasteiger partial charge in [-0.1, -0.05) is 20.8 Å². The van der Waals surface area contributed by atoms with Crippen molar-refractivity contribution in [2.24, 2.45) is 23.2 Å². The number of nitrogens with zero attached hydrogens (tertiary/aromatic N) is 3. The number of aromatic nitrogens is 3. The van der Waals surface area contributed by atoms with Crippen LogP contribution in [0.2, 0.25) is 0 Å². The number of anilines is 2. The molecule has 7 nitrogen and oxygen atoms in total. The van der Waals surface area contributed by atoms with E-state index in [9.17, 15) is 9.59 Å². The second-order valence-corrected chi connectivity index (χ2v) is 9.93. The van der Waals surface area contributed by atoms with Gasteiger partial charge in [-0.25, -0.2) is 4.68 Å². The molecule has 5 rings (SSSR count). The predicted octanol–water partition coefficient (Wildman–Crippen LogP) is 3.91. The molecule has 0 aliphatic heterocycles. The van der Waals surface area contributed by atoms with Crippen LogP contribution in [-0.2, 0) is 11.3 Å². The molecule has 0 aromatic carbocycles. The van der Waals surface area contributed by atoms with E-state index in [2.05, 4.69) is 57.4 Å². The molecule has 0 spiro atoms. The number of hydrogen-bond donors (Lipinski definition) is 2. The van der Waals surface area contributed by atoms with Gasteiger partial charge in [0.2, 0.25) is 5.91 Å². The number of rotatable bonds is 6. The molecule has 2 bridgehead atoms. The van der Waals surface area contributed by atoms with E-state index in [1.54, 1.807) is 30.7 Å². The highest BCUT2D eigenvalue weighted by Crippen LogP contribution is 2.61. The fourth-order valence-electron chi connectivity index (χ4n) is 5.13. The largest absolute Gasteiger partial charge is 0.380 e. The lowest BCUT2D eigenvalue weighted by Gasteiger charge is -2.62. The molecular weight excluding hydrogens is 446 g/mol. The Balaban J connectivity index is 1.38. The van der Waals surface area contributed by atoms with Gasteiger partial charge in [0, 0.05) is 30.5 Å². The van der Waals surface area contributed by atoms with Gasteiger partial charge in [-0.3, -0.25) is 14.6 Å². The lowest BCUT2D eigenvalue weighted by molar-refractivity contribution is -0.116. The maximum absolute atomic E-state index is 12.7. The Bertz CT molecular complexity index is 991. The molecule has 30 heavy (non-hydrogen) atoms. The minimum Gasteiger partial charge on any atom is -0.380 e. The summed E-state index contributed by atoms with van der Waals surface area (Å²) in [4.78, 5) is 28.8. The third-order valence-corrected chi connectivity index (χ3v) is 7.96. The zero-order valence-corrected chi connectivity index (χ0v) is 19.1. The molecule has 2 N–H and O–H groups in total. The normalized spacial score (nSPS) is 26.5. The molecule has 160 valence electrons. The maximum Gasteiger partial charge on any atom is 0.283 e. The van der Waals surface area contributed by atoms with E-state index in [0.717, 1.165) is 23.9 Å². The van der Waals surface area contributed by atoms with Crippen LogP contribution in [0.4, 0.5) is 11.4 Å². The Labute approximate surface area is 184 Å². The molecule has 2 aromatic heterocycles. The molecule has 2 aromatic rings. The predicted molar refractivity (Wildman–Crippen MR) is 120 cm³/mol. The average molecular weight is 474 g/mol. The summed E-state index contributed by atoms with van der Waals surface area (Å²) in [5.41, 5.74) is 1.60. The van der Waals surface area contributed by atoms with Gasteiger partial charge in [0.15, 0.2) is 0 Å². The highest BCUT2D eigenvalue weighted by atomic mass is 79.9. The van der Waals surface area contributed by atoms with Crippen molar-refractivity contribution in [3.63, 3.8) is 0 Å². The molecule has 2 heterocycles. The van der Waals surface area contributed by atoms with Crippen molar-refractivity contribution >= 4 is 33.2 Å². The van der Waals surface area contributed by atoms with Crippen LogP contribution in [0.1, 0.15) is 40.0 Å². The summed E-state index contributed by atoms with van der Waals surface area (Å²) < 4.78 is 1.80. The van der Waals surface area contributed by atoms with E-state index in [0.29, 0.717) is 27.5 Å². The monoisotopic (exact) mass is 473 g/mol. The molecule has 1 amide bonds. The molecular formula is C22H28BrN5O2. The standard InChI is InChI=1S/C22H28BrN5O2/c1-13-16-10-14(22(16,2)3)11-17(13)27-18-12-25-28(21(30)20(18)23)9-6-19(29)26-15-4-7-24-8-5-15/h4-5,7-8,12-14,16-17,27H,6,9-11H2,1-3H3,(H,24,26,29)/t13-,14-,16+,17-/m1/s1. The summed E-state index contributed by atoms with van der Waals surface area (Å²) >= 11 is 3.44. The van der Waals surface area contributed by atoms with Crippen molar-refractivity contribution in [1.82, 2.24) is 14.8 Å². The molecule has 3 saturated carbocycles. The number of carbonyl (C=O) groups excluding carboxylic acids is 1. The Morgan fingerprint density at radius 2 is 2.03 bits per heavy atom. The summed E-state index contributed by atoms with van der Waals surface area (Å²) in [6.07, 6.45) is 7.51. The van der Waals surface area contributed by atoms with Crippen LogP contribution in [0.5, 0.6) is 0 Å². The van der Waals surface area contributed by atoms with Crippen molar-refractivity contribution in [3.8, 4) is 0 Å². The smallest absolute Gasteiger partial charge is 0.283 e. The van der Waals surface area contributed by atoms with Crippen molar-refractivity contribution in [3.05, 3.63) is 45.5 Å². The molecule has 0 unspecified atom stereocenters. The number of hydrogen-bond acceptors (Lipinski definition) is 5. The number of carbonyl (C=O) groups is 1. The fraction of sp³-hybridized carbons (Fsp3) is 0.545. The first-order valence-electron chi connectivity index (χ1n) is 10.5. The van der Waals surface area contributed by atoms with Gasteiger partial charge in [-0.05, 0) is 64.1 Å². The molecule has 3 aliphatic carbocycles. The molecule has 0 saturated heterocycles. The lowest BCUT2D eigenvalue weighted by Crippen LogP contribution is -2.58.